The molecule has 31 heavy (non-hydrogen) atoms. The van der Waals surface area contributed by atoms with Crippen LogP contribution in [0.5, 0.6) is 5.75 Å². The maximum Gasteiger partial charge on any atom is 0.222 e. The number of carbonyl (C=O) groups is 1. The van der Waals surface area contributed by atoms with Gasteiger partial charge in [0.05, 0.1) is 6.54 Å². The molecule has 6 nitrogen and oxygen atoms in total. The quantitative estimate of drug-likeness (QED) is 0.476. The summed E-state index contributed by atoms with van der Waals surface area (Å²) in [5.41, 5.74) is 2.25. The van der Waals surface area contributed by atoms with E-state index in [1.807, 2.05) is 17.9 Å². The highest BCUT2D eigenvalue weighted by Gasteiger charge is 2.20. The van der Waals surface area contributed by atoms with Crippen molar-refractivity contribution in [2.75, 3.05) is 20.1 Å². The topological polar surface area (TPSA) is 66.0 Å². The van der Waals surface area contributed by atoms with Gasteiger partial charge in [-0.05, 0) is 36.1 Å². The first-order valence-electron chi connectivity index (χ1n) is 10.8. The van der Waals surface area contributed by atoms with Crippen LogP contribution in [0, 0.1) is 5.82 Å². The van der Waals surface area contributed by atoms with Gasteiger partial charge in [-0.2, -0.15) is 0 Å². The van der Waals surface area contributed by atoms with Gasteiger partial charge in [-0.1, -0.05) is 37.3 Å². The summed E-state index contributed by atoms with van der Waals surface area (Å²) in [4.78, 5) is 18.0. The Morgan fingerprint density at radius 2 is 2.00 bits per heavy atom. The van der Waals surface area contributed by atoms with Crippen molar-refractivity contribution in [3.05, 3.63) is 65.5 Å². The largest absolute Gasteiger partial charge is 0.489 e. The monoisotopic (exact) mass is 426 g/mol. The van der Waals surface area contributed by atoms with Gasteiger partial charge >= 0.3 is 0 Å². The molecule has 1 amide bonds. The maximum atomic E-state index is 13.4. The van der Waals surface area contributed by atoms with Crippen LogP contribution in [0.4, 0.5) is 4.39 Å². The zero-order valence-electron chi connectivity index (χ0n) is 18.2. The molecule has 1 heterocycles. The molecule has 7 heteroatoms. The average Bonchev–Trinajstić information content (AvgIpc) is 3.17. The van der Waals surface area contributed by atoms with Gasteiger partial charge in [-0.15, -0.1) is 0 Å². The number of hydrogen-bond acceptors (Lipinski definition) is 3. The Bertz CT molecular complexity index is 903. The van der Waals surface area contributed by atoms with Crippen LogP contribution in [0.15, 0.2) is 53.5 Å². The van der Waals surface area contributed by atoms with Crippen LogP contribution in [-0.4, -0.2) is 43.0 Å². The van der Waals surface area contributed by atoms with Gasteiger partial charge < -0.3 is 20.3 Å². The molecule has 166 valence electrons. The lowest BCUT2D eigenvalue weighted by Crippen LogP contribution is -2.42. The van der Waals surface area contributed by atoms with Crippen LogP contribution in [0.25, 0.3) is 0 Å². The molecule has 1 aliphatic heterocycles. The van der Waals surface area contributed by atoms with E-state index in [0.717, 1.165) is 30.5 Å². The van der Waals surface area contributed by atoms with Gasteiger partial charge in [0.2, 0.25) is 5.91 Å². The van der Waals surface area contributed by atoms with Crippen LogP contribution >= 0.6 is 0 Å². The molecule has 2 aromatic carbocycles. The van der Waals surface area contributed by atoms with Crippen LogP contribution < -0.4 is 15.4 Å². The molecule has 0 spiro atoms. The van der Waals surface area contributed by atoms with E-state index in [2.05, 4.69) is 33.8 Å². The van der Waals surface area contributed by atoms with Gasteiger partial charge in [0.25, 0.3) is 0 Å². The van der Waals surface area contributed by atoms with E-state index in [1.165, 1.54) is 12.1 Å². The lowest BCUT2D eigenvalue weighted by molar-refractivity contribution is -0.128. The number of guanidine groups is 1. The second-order valence-electron chi connectivity index (χ2n) is 7.65. The molecule has 0 radical (unpaired) electrons. The number of hydrogen-bond donors (Lipinski definition) is 2. The standard InChI is InChI=1S/C24H31FN4O2/c1-3-21(31-22-10-5-9-20(25)14-22)16-28-24(26-2)27-15-18-7-4-8-19(13-18)17-29-12-6-11-23(29)30/h4-5,7-10,13-14,21H,3,6,11-12,15-17H2,1-2H3,(H2,26,27,28). The highest BCUT2D eigenvalue weighted by atomic mass is 19.1. The lowest BCUT2D eigenvalue weighted by Gasteiger charge is -2.20. The summed E-state index contributed by atoms with van der Waals surface area (Å²) in [6, 6.07) is 14.4. The van der Waals surface area contributed by atoms with Crippen molar-refractivity contribution in [1.29, 1.82) is 0 Å². The summed E-state index contributed by atoms with van der Waals surface area (Å²) in [6.07, 6.45) is 2.27. The zero-order valence-corrected chi connectivity index (χ0v) is 18.2. The number of nitrogens with zero attached hydrogens (tertiary/aromatic N) is 2. The Balaban J connectivity index is 1.48. The van der Waals surface area contributed by atoms with E-state index in [9.17, 15) is 9.18 Å². The Labute approximate surface area is 183 Å². The van der Waals surface area contributed by atoms with Crippen LogP contribution in [0.1, 0.15) is 37.3 Å². The van der Waals surface area contributed by atoms with E-state index in [1.54, 1.807) is 19.2 Å². The molecule has 1 unspecified atom stereocenters. The van der Waals surface area contributed by atoms with Crippen LogP contribution in [-0.2, 0) is 17.9 Å². The van der Waals surface area contributed by atoms with E-state index < -0.39 is 0 Å². The van der Waals surface area contributed by atoms with Crippen molar-refractivity contribution in [2.45, 2.75) is 45.4 Å². The summed E-state index contributed by atoms with van der Waals surface area (Å²) in [5.74, 6) is 1.11. The van der Waals surface area contributed by atoms with Crippen molar-refractivity contribution in [3.63, 3.8) is 0 Å². The van der Waals surface area contributed by atoms with Crippen molar-refractivity contribution in [1.82, 2.24) is 15.5 Å². The number of rotatable bonds is 9. The molecule has 3 rings (SSSR count). The van der Waals surface area contributed by atoms with Crippen molar-refractivity contribution < 1.29 is 13.9 Å². The molecule has 1 fully saturated rings. The highest BCUT2D eigenvalue weighted by Crippen LogP contribution is 2.16. The number of nitrogens with one attached hydrogen (secondary N) is 2. The predicted octanol–water partition coefficient (Wildman–Crippen LogP) is 3.47. The Kier molecular flexibility index (Phi) is 8.27. The number of benzene rings is 2. The molecule has 2 aromatic rings. The first kappa shape index (κ1) is 22.6. The van der Waals surface area contributed by atoms with Gasteiger partial charge in [0.1, 0.15) is 17.7 Å². The molecule has 1 saturated heterocycles. The first-order valence-corrected chi connectivity index (χ1v) is 10.8. The molecule has 0 aromatic heterocycles. The van der Waals surface area contributed by atoms with Gasteiger partial charge in [-0.3, -0.25) is 9.79 Å². The van der Waals surface area contributed by atoms with E-state index in [-0.39, 0.29) is 17.8 Å². The third kappa shape index (κ3) is 6.98. The van der Waals surface area contributed by atoms with E-state index in [0.29, 0.717) is 37.8 Å². The van der Waals surface area contributed by atoms with Gasteiger partial charge in [0.15, 0.2) is 5.96 Å². The molecular formula is C24H31FN4O2. The van der Waals surface area contributed by atoms with Crippen molar-refractivity contribution in [3.8, 4) is 5.75 Å². The van der Waals surface area contributed by atoms with Crippen molar-refractivity contribution >= 4 is 11.9 Å². The van der Waals surface area contributed by atoms with E-state index in [4.69, 9.17) is 4.74 Å². The summed E-state index contributed by atoms with van der Waals surface area (Å²) in [7, 11) is 1.72. The number of ether oxygens (including phenoxy) is 1. The third-order valence-corrected chi connectivity index (χ3v) is 5.27. The second-order valence-corrected chi connectivity index (χ2v) is 7.65. The number of carbonyl (C=O) groups excluding carboxylic acids is 1. The van der Waals surface area contributed by atoms with Crippen LogP contribution in [0.2, 0.25) is 0 Å². The fourth-order valence-corrected chi connectivity index (χ4v) is 3.55. The molecule has 0 aliphatic carbocycles. The fraction of sp³-hybridized carbons (Fsp3) is 0.417. The molecule has 1 atom stereocenters. The fourth-order valence-electron chi connectivity index (χ4n) is 3.55. The summed E-state index contributed by atoms with van der Waals surface area (Å²) < 4.78 is 19.2. The SMILES string of the molecule is CCC(CNC(=NC)NCc1cccc(CN2CCCC2=O)c1)Oc1cccc(F)c1. The van der Waals surface area contributed by atoms with Crippen molar-refractivity contribution in [2.24, 2.45) is 4.99 Å². The Morgan fingerprint density at radius 3 is 2.71 bits per heavy atom. The minimum atomic E-state index is -0.311. The minimum Gasteiger partial charge on any atom is -0.489 e. The second kappa shape index (κ2) is 11.3. The maximum absolute atomic E-state index is 13.4. The van der Waals surface area contributed by atoms with Gasteiger partial charge in [0, 0.05) is 39.2 Å². The number of halogens is 1. The Hall–Kier alpha value is -3.09. The lowest BCUT2D eigenvalue weighted by atomic mass is 10.1. The number of aliphatic imine (C=N–C) groups is 1. The molecule has 0 saturated carbocycles. The van der Waals surface area contributed by atoms with Gasteiger partial charge in [-0.25, -0.2) is 4.39 Å². The smallest absolute Gasteiger partial charge is 0.222 e. The minimum absolute atomic E-state index is 0.110. The third-order valence-electron chi connectivity index (χ3n) is 5.27. The zero-order chi connectivity index (χ0) is 22.1. The molecular weight excluding hydrogens is 395 g/mol. The molecule has 2 N–H and O–H groups in total. The number of amides is 1. The first-order chi connectivity index (χ1) is 15.1. The summed E-state index contributed by atoms with van der Waals surface area (Å²) in [6.45, 7) is 4.69. The normalized spacial score (nSPS) is 15.1. The number of likely N-dealkylation sites (tertiary alicyclic amines) is 1. The summed E-state index contributed by atoms with van der Waals surface area (Å²) in [5, 5.41) is 6.58. The molecule has 0 bridgehead atoms. The highest BCUT2D eigenvalue weighted by molar-refractivity contribution is 5.79. The predicted molar refractivity (Wildman–Crippen MR) is 120 cm³/mol. The van der Waals surface area contributed by atoms with E-state index >= 15 is 0 Å². The Morgan fingerprint density at radius 1 is 1.19 bits per heavy atom. The summed E-state index contributed by atoms with van der Waals surface area (Å²) >= 11 is 0. The average molecular weight is 427 g/mol. The van der Waals surface area contributed by atoms with Crippen LogP contribution in [0.3, 0.4) is 0 Å². The molecule has 1 aliphatic rings.